The van der Waals surface area contributed by atoms with Crippen LogP contribution < -0.4 is 20.7 Å². The molecule has 2 amide bonds. The molecule has 2 saturated heterocycles. The zero-order valence-electron chi connectivity index (χ0n) is 14.2. The van der Waals surface area contributed by atoms with Crippen LogP contribution in [0.2, 0.25) is 0 Å². The van der Waals surface area contributed by atoms with Gasteiger partial charge in [0.1, 0.15) is 5.75 Å². The Morgan fingerprint density at radius 1 is 1.25 bits per heavy atom. The van der Waals surface area contributed by atoms with E-state index in [2.05, 4.69) is 16.0 Å². The second-order valence-corrected chi connectivity index (χ2v) is 6.60. The van der Waals surface area contributed by atoms with Gasteiger partial charge in [-0.2, -0.15) is 0 Å². The van der Waals surface area contributed by atoms with Crippen LogP contribution in [0.15, 0.2) is 18.2 Å². The highest BCUT2D eigenvalue weighted by Gasteiger charge is 2.34. The summed E-state index contributed by atoms with van der Waals surface area (Å²) in [5, 5.41) is 9.44. The first-order valence-corrected chi connectivity index (χ1v) is 8.66. The predicted molar refractivity (Wildman–Crippen MR) is 92.3 cm³/mol. The van der Waals surface area contributed by atoms with Crippen LogP contribution in [0.5, 0.6) is 5.75 Å². The molecule has 1 aromatic rings. The van der Waals surface area contributed by atoms with Crippen molar-refractivity contribution in [3.8, 4) is 5.75 Å². The molecule has 0 radical (unpaired) electrons. The molecule has 0 aromatic heterocycles. The number of piperidine rings is 1. The molecule has 3 N–H and O–H groups in total. The largest absolute Gasteiger partial charge is 0.493 e. The third-order valence-electron chi connectivity index (χ3n) is 4.65. The van der Waals surface area contributed by atoms with E-state index in [1.54, 1.807) is 18.2 Å². The Hall–Kier alpha value is -2.08. The summed E-state index contributed by atoms with van der Waals surface area (Å²) in [7, 11) is 0. The quantitative estimate of drug-likeness (QED) is 0.771. The normalized spacial score (nSPS) is 25.2. The highest BCUT2D eigenvalue weighted by atomic mass is 16.5. The number of amides is 2. The standard InChI is InChI=1S/C18H25N3O3/c1-3-24-17-10-14(19-11(2)22)6-7-16(17)18(23)21-15-8-12-4-5-13(9-15)20-12/h6-7,10,12-13,15,20H,3-5,8-9H2,1-2H3,(H,19,22)(H,21,23). The Bertz CT molecular complexity index is 620. The molecule has 2 aliphatic heterocycles. The van der Waals surface area contributed by atoms with Crippen LogP contribution in [0.4, 0.5) is 5.69 Å². The monoisotopic (exact) mass is 331 g/mol. The second kappa shape index (κ2) is 7.21. The molecule has 2 heterocycles. The molecule has 1 aromatic carbocycles. The molecule has 130 valence electrons. The van der Waals surface area contributed by atoms with Gasteiger partial charge in [0.25, 0.3) is 5.91 Å². The van der Waals surface area contributed by atoms with E-state index < -0.39 is 0 Å². The number of ether oxygens (including phenoxy) is 1. The van der Waals surface area contributed by atoms with Gasteiger partial charge in [-0.3, -0.25) is 9.59 Å². The van der Waals surface area contributed by atoms with Crippen molar-refractivity contribution < 1.29 is 14.3 Å². The third kappa shape index (κ3) is 3.87. The van der Waals surface area contributed by atoms with Crippen LogP contribution in [-0.2, 0) is 4.79 Å². The van der Waals surface area contributed by atoms with Gasteiger partial charge in [-0.05, 0) is 44.7 Å². The Morgan fingerprint density at radius 2 is 1.96 bits per heavy atom. The van der Waals surface area contributed by atoms with Gasteiger partial charge < -0.3 is 20.7 Å². The second-order valence-electron chi connectivity index (χ2n) is 6.60. The SMILES string of the molecule is CCOc1cc(NC(C)=O)ccc1C(=O)NC1CC2CCC(C1)N2. The lowest BCUT2D eigenvalue weighted by Gasteiger charge is -2.29. The highest BCUT2D eigenvalue weighted by molar-refractivity contribution is 5.98. The lowest BCUT2D eigenvalue weighted by atomic mass is 9.99. The minimum Gasteiger partial charge on any atom is -0.493 e. The van der Waals surface area contributed by atoms with Crippen molar-refractivity contribution in [2.24, 2.45) is 0 Å². The maximum atomic E-state index is 12.7. The van der Waals surface area contributed by atoms with E-state index in [0.29, 0.717) is 35.7 Å². The lowest BCUT2D eigenvalue weighted by Crippen LogP contribution is -2.48. The first-order valence-electron chi connectivity index (χ1n) is 8.66. The number of carbonyl (C=O) groups is 2. The van der Waals surface area contributed by atoms with E-state index in [4.69, 9.17) is 4.74 Å². The van der Waals surface area contributed by atoms with Gasteiger partial charge in [-0.1, -0.05) is 0 Å². The van der Waals surface area contributed by atoms with Gasteiger partial charge in [-0.15, -0.1) is 0 Å². The smallest absolute Gasteiger partial charge is 0.255 e. The van der Waals surface area contributed by atoms with Crippen LogP contribution >= 0.6 is 0 Å². The van der Waals surface area contributed by atoms with Gasteiger partial charge >= 0.3 is 0 Å². The molecule has 2 fully saturated rings. The molecular weight excluding hydrogens is 306 g/mol. The van der Waals surface area contributed by atoms with Gasteiger partial charge in [0.15, 0.2) is 0 Å². The van der Waals surface area contributed by atoms with Crippen LogP contribution in [0.3, 0.4) is 0 Å². The van der Waals surface area contributed by atoms with Gasteiger partial charge in [0, 0.05) is 36.8 Å². The first-order chi connectivity index (χ1) is 11.5. The Balaban J connectivity index is 1.72. The van der Waals surface area contributed by atoms with Crippen molar-refractivity contribution in [3.63, 3.8) is 0 Å². The van der Waals surface area contributed by atoms with Gasteiger partial charge in [0.05, 0.1) is 12.2 Å². The van der Waals surface area contributed by atoms with Gasteiger partial charge in [-0.25, -0.2) is 0 Å². The third-order valence-corrected chi connectivity index (χ3v) is 4.65. The average molecular weight is 331 g/mol. The average Bonchev–Trinajstić information content (AvgIpc) is 2.86. The van der Waals surface area contributed by atoms with Crippen LogP contribution in [0.1, 0.15) is 49.9 Å². The zero-order valence-corrected chi connectivity index (χ0v) is 14.2. The summed E-state index contributed by atoms with van der Waals surface area (Å²) in [6.07, 6.45) is 4.37. The molecule has 2 aliphatic rings. The maximum absolute atomic E-state index is 12.7. The molecule has 0 aliphatic carbocycles. The summed E-state index contributed by atoms with van der Waals surface area (Å²) in [6.45, 7) is 3.78. The number of benzene rings is 1. The molecular formula is C18H25N3O3. The van der Waals surface area contributed by atoms with Gasteiger partial charge in [0.2, 0.25) is 5.91 Å². The topological polar surface area (TPSA) is 79.5 Å². The van der Waals surface area contributed by atoms with Crippen molar-refractivity contribution in [1.29, 1.82) is 0 Å². The Labute approximate surface area is 142 Å². The van der Waals surface area contributed by atoms with E-state index in [1.807, 2.05) is 6.92 Å². The summed E-state index contributed by atoms with van der Waals surface area (Å²) in [5.41, 5.74) is 1.14. The number of hydrogen-bond donors (Lipinski definition) is 3. The number of nitrogens with one attached hydrogen (secondary N) is 3. The summed E-state index contributed by atoms with van der Waals surface area (Å²) >= 11 is 0. The van der Waals surface area contributed by atoms with Crippen molar-refractivity contribution in [1.82, 2.24) is 10.6 Å². The maximum Gasteiger partial charge on any atom is 0.255 e. The van der Waals surface area contributed by atoms with E-state index >= 15 is 0 Å². The minimum absolute atomic E-state index is 0.112. The molecule has 6 nitrogen and oxygen atoms in total. The number of hydrogen-bond acceptors (Lipinski definition) is 4. The fraction of sp³-hybridized carbons (Fsp3) is 0.556. The van der Waals surface area contributed by atoms with Crippen LogP contribution in [0, 0.1) is 0 Å². The van der Waals surface area contributed by atoms with E-state index in [-0.39, 0.29) is 17.9 Å². The molecule has 0 saturated carbocycles. The number of carbonyl (C=O) groups excluding carboxylic acids is 2. The first kappa shape index (κ1) is 16.8. The van der Waals surface area contributed by atoms with Crippen LogP contribution in [-0.4, -0.2) is 36.5 Å². The molecule has 2 unspecified atom stereocenters. The van der Waals surface area contributed by atoms with Crippen molar-refractivity contribution in [2.75, 3.05) is 11.9 Å². The molecule has 24 heavy (non-hydrogen) atoms. The fourth-order valence-electron chi connectivity index (χ4n) is 3.70. The summed E-state index contributed by atoms with van der Waals surface area (Å²) in [5.74, 6) is 0.233. The Kier molecular flexibility index (Phi) is 5.04. The number of anilines is 1. The summed E-state index contributed by atoms with van der Waals surface area (Å²) in [6, 6.07) is 6.41. The van der Waals surface area contributed by atoms with Crippen LogP contribution in [0.25, 0.3) is 0 Å². The molecule has 2 atom stereocenters. The van der Waals surface area contributed by atoms with Crippen molar-refractivity contribution >= 4 is 17.5 Å². The lowest BCUT2D eigenvalue weighted by molar-refractivity contribution is -0.114. The van der Waals surface area contributed by atoms with Crippen molar-refractivity contribution in [2.45, 2.75) is 57.7 Å². The molecule has 0 spiro atoms. The predicted octanol–water partition coefficient (Wildman–Crippen LogP) is 2.06. The molecule has 2 bridgehead atoms. The highest BCUT2D eigenvalue weighted by Crippen LogP contribution is 2.28. The van der Waals surface area contributed by atoms with E-state index in [9.17, 15) is 9.59 Å². The molecule has 6 heteroatoms. The van der Waals surface area contributed by atoms with Crippen molar-refractivity contribution in [3.05, 3.63) is 23.8 Å². The minimum atomic E-state index is -0.153. The summed E-state index contributed by atoms with van der Waals surface area (Å²) < 4.78 is 5.60. The summed E-state index contributed by atoms with van der Waals surface area (Å²) in [4.78, 5) is 23.9. The Morgan fingerprint density at radius 3 is 2.58 bits per heavy atom. The number of rotatable bonds is 5. The van der Waals surface area contributed by atoms with E-state index in [0.717, 1.165) is 12.8 Å². The zero-order chi connectivity index (χ0) is 17.1. The molecule has 3 rings (SSSR count). The fourth-order valence-corrected chi connectivity index (χ4v) is 3.70. The number of fused-ring (bicyclic) bond motifs is 2. The van der Waals surface area contributed by atoms with E-state index in [1.165, 1.54) is 19.8 Å².